The lowest BCUT2D eigenvalue weighted by atomic mass is 10.1. The van der Waals surface area contributed by atoms with Gasteiger partial charge < -0.3 is 10.5 Å². The Morgan fingerprint density at radius 2 is 2.00 bits per heavy atom. The lowest BCUT2D eigenvalue weighted by molar-refractivity contribution is -0.384. The standard InChI is InChI=1S/C16H14ClN5O3/c1-25-13-7-6-11(22(23)24)8-12(13)15-19-16(21-20-15)14(18)9-2-4-10(17)5-3-9/h2-8,14H,18H2,1H3,(H,19,20,21)/t14-/m1/s1. The topological polar surface area (TPSA) is 120 Å². The molecule has 0 saturated carbocycles. The van der Waals surface area contributed by atoms with Crippen LogP contribution in [0.4, 0.5) is 5.69 Å². The molecule has 8 nitrogen and oxygen atoms in total. The highest BCUT2D eigenvalue weighted by molar-refractivity contribution is 6.30. The predicted molar refractivity (Wildman–Crippen MR) is 92.5 cm³/mol. The van der Waals surface area contributed by atoms with Crippen LogP contribution in [-0.4, -0.2) is 27.2 Å². The van der Waals surface area contributed by atoms with Crippen LogP contribution < -0.4 is 10.5 Å². The lowest BCUT2D eigenvalue weighted by Gasteiger charge is -2.08. The van der Waals surface area contributed by atoms with Crippen molar-refractivity contribution in [1.29, 1.82) is 0 Å². The van der Waals surface area contributed by atoms with Crippen molar-refractivity contribution in [3.63, 3.8) is 0 Å². The first-order chi connectivity index (χ1) is 12.0. The summed E-state index contributed by atoms with van der Waals surface area (Å²) in [5, 5.41) is 18.5. The molecule has 3 rings (SSSR count). The Balaban J connectivity index is 1.97. The summed E-state index contributed by atoms with van der Waals surface area (Å²) in [6.07, 6.45) is 0. The van der Waals surface area contributed by atoms with E-state index in [0.29, 0.717) is 22.2 Å². The molecule has 0 radical (unpaired) electrons. The third-order valence-corrected chi connectivity index (χ3v) is 3.91. The van der Waals surface area contributed by atoms with E-state index in [1.807, 2.05) is 0 Å². The Hall–Kier alpha value is -2.97. The number of non-ortho nitro benzene ring substituents is 1. The summed E-state index contributed by atoms with van der Waals surface area (Å²) in [5.74, 6) is 1.11. The van der Waals surface area contributed by atoms with Crippen molar-refractivity contribution in [2.45, 2.75) is 6.04 Å². The molecule has 128 valence electrons. The molecule has 3 aromatic rings. The predicted octanol–water partition coefficient (Wildman–Crippen LogP) is 3.09. The fraction of sp³-hybridized carbons (Fsp3) is 0.125. The van der Waals surface area contributed by atoms with E-state index >= 15 is 0 Å². The fourth-order valence-corrected chi connectivity index (χ4v) is 2.47. The molecule has 2 aromatic carbocycles. The fourth-order valence-electron chi connectivity index (χ4n) is 2.35. The number of H-pyrrole nitrogens is 1. The summed E-state index contributed by atoms with van der Waals surface area (Å²) in [7, 11) is 1.47. The van der Waals surface area contributed by atoms with E-state index in [1.165, 1.54) is 25.3 Å². The van der Waals surface area contributed by atoms with Gasteiger partial charge in [-0.1, -0.05) is 23.7 Å². The highest BCUT2D eigenvalue weighted by Gasteiger charge is 2.19. The van der Waals surface area contributed by atoms with E-state index in [9.17, 15) is 10.1 Å². The summed E-state index contributed by atoms with van der Waals surface area (Å²) in [6, 6.07) is 10.7. The Kier molecular flexibility index (Phi) is 4.64. The van der Waals surface area contributed by atoms with Crippen LogP contribution in [0.25, 0.3) is 11.4 Å². The highest BCUT2D eigenvalue weighted by Crippen LogP contribution is 2.32. The summed E-state index contributed by atoms with van der Waals surface area (Å²) in [4.78, 5) is 14.9. The number of nitrogens with one attached hydrogen (secondary N) is 1. The van der Waals surface area contributed by atoms with Crippen LogP contribution in [-0.2, 0) is 0 Å². The van der Waals surface area contributed by atoms with Gasteiger partial charge in [-0.3, -0.25) is 15.2 Å². The number of hydrogen-bond acceptors (Lipinski definition) is 6. The number of aromatic amines is 1. The number of benzene rings is 2. The van der Waals surface area contributed by atoms with Gasteiger partial charge >= 0.3 is 0 Å². The minimum Gasteiger partial charge on any atom is -0.496 e. The molecule has 1 aromatic heterocycles. The molecule has 9 heteroatoms. The third-order valence-electron chi connectivity index (χ3n) is 3.66. The largest absolute Gasteiger partial charge is 0.496 e. The van der Waals surface area contributed by atoms with Gasteiger partial charge in [0.05, 0.1) is 23.6 Å². The van der Waals surface area contributed by atoms with Gasteiger partial charge in [0.15, 0.2) is 5.82 Å². The number of methoxy groups -OCH3 is 1. The molecule has 0 fully saturated rings. The molecular formula is C16H14ClN5O3. The van der Waals surface area contributed by atoms with E-state index in [1.54, 1.807) is 24.3 Å². The van der Waals surface area contributed by atoms with Crippen molar-refractivity contribution < 1.29 is 9.66 Å². The van der Waals surface area contributed by atoms with Crippen LogP contribution in [0.1, 0.15) is 17.4 Å². The van der Waals surface area contributed by atoms with Crippen LogP contribution in [0.15, 0.2) is 42.5 Å². The average molecular weight is 360 g/mol. The van der Waals surface area contributed by atoms with Gasteiger partial charge in [0.1, 0.15) is 11.6 Å². The molecule has 0 spiro atoms. The lowest BCUT2D eigenvalue weighted by Crippen LogP contribution is -2.13. The number of nitrogens with zero attached hydrogens (tertiary/aromatic N) is 3. The maximum atomic E-state index is 11.0. The van der Waals surface area contributed by atoms with Gasteiger partial charge in [-0.05, 0) is 23.8 Å². The summed E-state index contributed by atoms with van der Waals surface area (Å²) in [5.41, 5.74) is 7.32. The molecule has 0 bridgehead atoms. The maximum absolute atomic E-state index is 11.0. The van der Waals surface area contributed by atoms with Crippen molar-refractivity contribution in [3.05, 3.63) is 69.0 Å². The number of halogens is 1. The molecule has 1 atom stereocenters. The van der Waals surface area contributed by atoms with Crippen molar-refractivity contribution in [3.8, 4) is 17.1 Å². The Morgan fingerprint density at radius 3 is 2.64 bits per heavy atom. The number of rotatable bonds is 5. The van der Waals surface area contributed by atoms with Crippen LogP contribution in [0.5, 0.6) is 5.75 Å². The second-order valence-corrected chi connectivity index (χ2v) is 5.65. The monoisotopic (exact) mass is 359 g/mol. The normalized spacial score (nSPS) is 12.0. The van der Waals surface area contributed by atoms with Crippen LogP contribution in [0.3, 0.4) is 0 Å². The molecule has 0 unspecified atom stereocenters. The first-order valence-electron chi connectivity index (χ1n) is 7.25. The quantitative estimate of drug-likeness (QED) is 0.533. The van der Waals surface area contributed by atoms with Crippen LogP contribution in [0, 0.1) is 10.1 Å². The zero-order valence-corrected chi connectivity index (χ0v) is 13.9. The van der Waals surface area contributed by atoms with E-state index < -0.39 is 11.0 Å². The molecule has 0 aliphatic carbocycles. The van der Waals surface area contributed by atoms with Crippen molar-refractivity contribution >= 4 is 17.3 Å². The molecule has 1 heterocycles. The first kappa shape index (κ1) is 16.9. The van der Waals surface area contributed by atoms with Gasteiger partial charge in [-0.15, -0.1) is 0 Å². The van der Waals surface area contributed by atoms with E-state index in [4.69, 9.17) is 22.1 Å². The van der Waals surface area contributed by atoms with Crippen LogP contribution >= 0.6 is 11.6 Å². The second kappa shape index (κ2) is 6.88. The summed E-state index contributed by atoms with van der Waals surface area (Å²) < 4.78 is 5.24. The number of hydrogen-bond donors (Lipinski definition) is 2. The minimum absolute atomic E-state index is 0.0795. The molecule has 0 aliphatic heterocycles. The molecule has 0 amide bonds. The molecule has 0 saturated heterocycles. The summed E-state index contributed by atoms with van der Waals surface area (Å²) in [6.45, 7) is 0. The van der Waals surface area contributed by atoms with Gasteiger partial charge in [-0.25, -0.2) is 4.98 Å². The molecule has 3 N–H and O–H groups in total. The number of aromatic nitrogens is 3. The first-order valence-corrected chi connectivity index (χ1v) is 7.63. The smallest absolute Gasteiger partial charge is 0.270 e. The minimum atomic E-state index is -0.539. The molecule has 0 aliphatic rings. The van der Waals surface area contributed by atoms with E-state index in [2.05, 4.69) is 15.2 Å². The highest BCUT2D eigenvalue weighted by atomic mass is 35.5. The van der Waals surface area contributed by atoms with E-state index in [-0.39, 0.29) is 11.5 Å². The van der Waals surface area contributed by atoms with Crippen molar-refractivity contribution in [2.75, 3.05) is 7.11 Å². The number of nitro groups is 1. The third kappa shape index (κ3) is 3.44. The van der Waals surface area contributed by atoms with Gasteiger partial charge in [0, 0.05) is 17.2 Å². The second-order valence-electron chi connectivity index (χ2n) is 5.22. The van der Waals surface area contributed by atoms with Crippen molar-refractivity contribution in [2.24, 2.45) is 5.73 Å². The average Bonchev–Trinajstić information content (AvgIpc) is 3.11. The Bertz CT molecular complexity index is 910. The zero-order valence-electron chi connectivity index (χ0n) is 13.1. The molecule has 25 heavy (non-hydrogen) atoms. The van der Waals surface area contributed by atoms with Crippen LogP contribution in [0.2, 0.25) is 5.02 Å². The van der Waals surface area contributed by atoms with Crippen molar-refractivity contribution in [1.82, 2.24) is 15.2 Å². The number of ether oxygens (including phenoxy) is 1. The van der Waals surface area contributed by atoms with Gasteiger partial charge in [0.25, 0.3) is 5.69 Å². The SMILES string of the molecule is COc1ccc([N+](=O)[O-])cc1-c1n[nH]c([C@H](N)c2ccc(Cl)cc2)n1. The van der Waals surface area contributed by atoms with Gasteiger partial charge in [0.2, 0.25) is 0 Å². The zero-order chi connectivity index (χ0) is 18.0. The Labute approximate surface area is 147 Å². The van der Waals surface area contributed by atoms with Gasteiger partial charge in [-0.2, -0.15) is 5.10 Å². The summed E-state index contributed by atoms with van der Waals surface area (Å²) >= 11 is 5.87. The number of nitro benzene ring substituents is 1. The number of nitrogens with two attached hydrogens (primary N) is 1. The Morgan fingerprint density at radius 1 is 1.28 bits per heavy atom. The van der Waals surface area contributed by atoms with E-state index in [0.717, 1.165) is 5.56 Å². The molecular weight excluding hydrogens is 346 g/mol. The maximum Gasteiger partial charge on any atom is 0.270 e.